The zero-order chi connectivity index (χ0) is 10.6. The summed E-state index contributed by atoms with van der Waals surface area (Å²) < 4.78 is 6.25. The SMILES string of the molecule is C=C(CCn1ccc(=O)[nH]c1=O)OC. The fourth-order valence-electron chi connectivity index (χ4n) is 0.968. The Hall–Kier alpha value is -1.78. The zero-order valence-electron chi connectivity index (χ0n) is 7.95. The topological polar surface area (TPSA) is 64.1 Å². The van der Waals surface area contributed by atoms with E-state index in [1.54, 1.807) is 0 Å². The summed E-state index contributed by atoms with van der Waals surface area (Å²) >= 11 is 0. The molecule has 5 nitrogen and oxygen atoms in total. The number of aromatic nitrogens is 2. The number of ether oxygens (including phenoxy) is 1. The van der Waals surface area contributed by atoms with Gasteiger partial charge in [-0.3, -0.25) is 9.78 Å². The van der Waals surface area contributed by atoms with Crippen LogP contribution in [0.3, 0.4) is 0 Å². The van der Waals surface area contributed by atoms with E-state index in [-0.39, 0.29) is 0 Å². The first-order chi connectivity index (χ1) is 6.63. The van der Waals surface area contributed by atoms with Gasteiger partial charge >= 0.3 is 5.69 Å². The van der Waals surface area contributed by atoms with Crippen LogP contribution in [0.1, 0.15) is 6.42 Å². The Morgan fingerprint density at radius 2 is 2.36 bits per heavy atom. The van der Waals surface area contributed by atoms with Gasteiger partial charge in [-0.15, -0.1) is 0 Å². The summed E-state index contributed by atoms with van der Waals surface area (Å²) in [6, 6.07) is 1.30. The van der Waals surface area contributed by atoms with Crippen molar-refractivity contribution in [1.29, 1.82) is 0 Å². The standard InChI is InChI=1S/C9H12N2O3/c1-7(14-2)3-5-11-6-4-8(12)10-9(11)13/h4,6H,1,3,5H2,2H3,(H,10,12,13). The Bertz CT molecular complexity index is 430. The van der Waals surface area contributed by atoms with Crippen molar-refractivity contribution < 1.29 is 4.74 Å². The summed E-state index contributed by atoms with van der Waals surface area (Å²) in [7, 11) is 1.53. The van der Waals surface area contributed by atoms with Gasteiger partial charge in [-0.2, -0.15) is 0 Å². The maximum atomic E-state index is 11.2. The van der Waals surface area contributed by atoms with Crippen LogP contribution in [0.4, 0.5) is 0 Å². The lowest BCUT2D eigenvalue weighted by Crippen LogP contribution is -2.28. The van der Waals surface area contributed by atoms with E-state index >= 15 is 0 Å². The minimum atomic E-state index is -0.415. The molecule has 1 heterocycles. The normalized spacial score (nSPS) is 9.79. The highest BCUT2D eigenvalue weighted by molar-refractivity contribution is 4.86. The molecule has 0 aromatic carbocycles. The molecule has 76 valence electrons. The van der Waals surface area contributed by atoms with E-state index in [4.69, 9.17) is 4.74 Å². The quantitative estimate of drug-likeness (QED) is 0.694. The minimum absolute atomic E-state index is 0.392. The number of aromatic amines is 1. The molecular weight excluding hydrogens is 184 g/mol. The average molecular weight is 196 g/mol. The average Bonchev–Trinajstić information content (AvgIpc) is 2.16. The molecule has 1 aromatic heterocycles. The number of rotatable bonds is 4. The molecule has 0 aliphatic rings. The lowest BCUT2D eigenvalue weighted by Gasteiger charge is -2.05. The van der Waals surface area contributed by atoms with E-state index in [1.807, 2.05) is 0 Å². The maximum absolute atomic E-state index is 11.2. The fourth-order valence-corrected chi connectivity index (χ4v) is 0.968. The molecule has 0 spiro atoms. The second kappa shape index (κ2) is 4.45. The third-order valence-corrected chi connectivity index (χ3v) is 1.82. The lowest BCUT2D eigenvalue weighted by molar-refractivity contribution is 0.273. The molecule has 0 aliphatic heterocycles. The van der Waals surface area contributed by atoms with Crippen LogP contribution in [-0.4, -0.2) is 16.7 Å². The molecule has 0 bridgehead atoms. The molecule has 14 heavy (non-hydrogen) atoms. The molecule has 0 aliphatic carbocycles. The molecule has 0 radical (unpaired) electrons. The molecular formula is C9H12N2O3. The summed E-state index contributed by atoms with van der Waals surface area (Å²) in [5, 5.41) is 0. The molecule has 1 N–H and O–H groups in total. The first-order valence-electron chi connectivity index (χ1n) is 4.15. The van der Waals surface area contributed by atoms with Crippen molar-refractivity contribution in [2.45, 2.75) is 13.0 Å². The molecule has 0 unspecified atom stereocenters. The van der Waals surface area contributed by atoms with Crippen molar-refractivity contribution in [1.82, 2.24) is 9.55 Å². The molecule has 0 saturated carbocycles. The zero-order valence-corrected chi connectivity index (χ0v) is 7.95. The van der Waals surface area contributed by atoms with Crippen LogP contribution in [-0.2, 0) is 11.3 Å². The highest BCUT2D eigenvalue weighted by Crippen LogP contribution is 1.98. The number of H-pyrrole nitrogens is 1. The van der Waals surface area contributed by atoms with E-state index in [0.29, 0.717) is 18.7 Å². The highest BCUT2D eigenvalue weighted by atomic mass is 16.5. The molecule has 1 aromatic rings. The predicted octanol–water partition coefficient (Wildman–Crippen LogP) is 0.0868. The van der Waals surface area contributed by atoms with Gasteiger partial charge in [0, 0.05) is 25.2 Å². The Labute approximate surface area is 80.7 Å². The van der Waals surface area contributed by atoms with Gasteiger partial charge in [0.05, 0.1) is 12.9 Å². The summed E-state index contributed by atoms with van der Waals surface area (Å²) in [4.78, 5) is 24.1. The summed E-state index contributed by atoms with van der Waals surface area (Å²) in [5.74, 6) is 0.600. The van der Waals surface area contributed by atoms with Crippen LogP contribution >= 0.6 is 0 Å². The Balaban J connectivity index is 2.73. The van der Waals surface area contributed by atoms with Crippen LogP contribution < -0.4 is 11.2 Å². The number of hydrogen-bond donors (Lipinski definition) is 1. The number of nitrogens with one attached hydrogen (secondary N) is 1. The predicted molar refractivity (Wildman–Crippen MR) is 52.1 cm³/mol. The molecule has 0 fully saturated rings. The van der Waals surface area contributed by atoms with Crippen molar-refractivity contribution in [2.75, 3.05) is 7.11 Å². The van der Waals surface area contributed by atoms with E-state index in [1.165, 1.54) is 23.9 Å². The van der Waals surface area contributed by atoms with Gasteiger partial charge in [0.1, 0.15) is 0 Å². The van der Waals surface area contributed by atoms with Gasteiger partial charge in [0.25, 0.3) is 5.56 Å². The van der Waals surface area contributed by atoms with Crippen molar-refractivity contribution >= 4 is 0 Å². The van der Waals surface area contributed by atoms with Gasteiger partial charge in [-0.25, -0.2) is 4.79 Å². The number of nitrogens with zero attached hydrogens (tertiary/aromatic N) is 1. The second-order valence-electron chi connectivity index (χ2n) is 2.80. The molecule has 5 heteroatoms. The van der Waals surface area contributed by atoms with Crippen LogP contribution in [0.15, 0.2) is 34.2 Å². The van der Waals surface area contributed by atoms with Crippen LogP contribution in [0.2, 0.25) is 0 Å². The van der Waals surface area contributed by atoms with Gasteiger partial charge < -0.3 is 9.30 Å². The van der Waals surface area contributed by atoms with Crippen LogP contribution in [0.5, 0.6) is 0 Å². The highest BCUT2D eigenvalue weighted by Gasteiger charge is 1.97. The first-order valence-corrected chi connectivity index (χ1v) is 4.15. The van der Waals surface area contributed by atoms with Crippen molar-refractivity contribution in [3.8, 4) is 0 Å². The van der Waals surface area contributed by atoms with Crippen LogP contribution in [0.25, 0.3) is 0 Å². The Kier molecular flexibility index (Phi) is 3.28. The van der Waals surface area contributed by atoms with Crippen molar-refractivity contribution in [3.05, 3.63) is 45.4 Å². The van der Waals surface area contributed by atoms with Crippen molar-refractivity contribution in [2.24, 2.45) is 0 Å². The molecule has 0 amide bonds. The second-order valence-corrected chi connectivity index (χ2v) is 2.80. The maximum Gasteiger partial charge on any atom is 0.328 e. The van der Waals surface area contributed by atoms with E-state index in [0.717, 1.165) is 0 Å². The number of hydrogen-bond acceptors (Lipinski definition) is 3. The van der Waals surface area contributed by atoms with E-state index in [2.05, 4.69) is 11.6 Å². The van der Waals surface area contributed by atoms with E-state index in [9.17, 15) is 9.59 Å². The van der Waals surface area contributed by atoms with Gasteiger partial charge in [0.15, 0.2) is 0 Å². The summed E-state index contributed by atoms with van der Waals surface area (Å²) in [5.41, 5.74) is -0.807. The monoisotopic (exact) mass is 196 g/mol. The summed E-state index contributed by atoms with van der Waals surface area (Å²) in [6.07, 6.45) is 1.99. The van der Waals surface area contributed by atoms with Gasteiger partial charge in [-0.05, 0) is 0 Å². The smallest absolute Gasteiger partial charge is 0.328 e. The Morgan fingerprint density at radius 1 is 1.64 bits per heavy atom. The van der Waals surface area contributed by atoms with Gasteiger partial charge in [0.2, 0.25) is 0 Å². The van der Waals surface area contributed by atoms with E-state index < -0.39 is 11.2 Å². The third-order valence-electron chi connectivity index (χ3n) is 1.82. The largest absolute Gasteiger partial charge is 0.502 e. The third kappa shape index (κ3) is 2.62. The molecule has 1 rings (SSSR count). The molecule has 0 saturated heterocycles. The Morgan fingerprint density at radius 3 is 2.93 bits per heavy atom. The number of allylic oxidation sites excluding steroid dienone is 1. The molecule has 0 atom stereocenters. The minimum Gasteiger partial charge on any atom is -0.502 e. The fraction of sp³-hybridized carbons (Fsp3) is 0.333. The number of methoxy groups -OCH3 is 1. The number of aryl methyl sites for hydroxylation is 1. The van der Waals surface area contributed by atoms with Crippen LogP contribution in [0, 0.1) is 0 Å². The van der Waals surface area contributed by atoms with Gasteiger partial charge in [-0.1, -0.05) is 6.58 Å². The lowest BCUT2D eigenvalue weighted by atomic mass is 10.4. The van der Waals surface area contributed by atoms with Crippen molar-refractivity contribution in [3.63, 3.8) is 0 Å². The first kappa shape index (κ1) is 10.3. The summed E-state index contributed by atoms with van der Waals surface area (Å²) in [6.45, 7) is 4.07.